The number of amides is 1. The molecule has 100 valence electrons. The maximum absolute atomic E-state index is 11.6. The van der Waals surface area contributed by atoms with Crippen molar-refractivity contribution in [1.82, 2.24) is 5.32 Å². The molecule has 0 bridgehead atoms. The second-order valence-electron chi connectivity index (χ2n) is 4.33. The van der Waals surface area contributed by atoms with E-state index in [1.54, 1.807) is 0 Å². The summed E-state index contributed by atoms with van der Waals surface area (Å²) in [6, 6.07) is 9.40. The Kier molecular flexibility index (Phi) is 7.06. The normalized spacial score (nSPS) is 12.1. The summed E-state index contributed by atoms with van der Waals surface area (Å²) in [7, 11) is 0. The third kappa shape index (κ3) is 5.80. The lowest BCUT2D eigenvalue weighted by molar-refractivity contribution is -0.115. The van der Waals surface area contributed by atoms with Crippen molar-refractivity contribution in [3.05, 3.63) is 30.3 Å². The molecular weight excluding hydrogens is 228 g/mol. The first-order valence-corrected chi connectivity index (χ1v) is 6.42. The van der Waals surface area contributed by atoms with E-state index in [9.17, 15) is 4.79 Å². The number of hydrogen-bond donors (Lipinski definition) is 3. The van der Waals surface area contributed by atoms with E-state index in [4.69, 9.17) is 5.11 Å². The SMILES string of the molecule is CCC(CCO)CNCC(=O)Nc1ccccc1. The molecule has 0 saturated heterocycles. The summed E-state index contributed by atoms with van der Waals surface area (Å²) in [5.74, 6) is 0.388. The highest BCUT2D eigenvalue weighted by Crippen LogP contribution is 2.06. The molecule has 1 rings (SSSR count). The molecule has 0 heterocycles. The molecule has 3 N–H and O–H groups in total. The van der Waals surface area contributed by atoms with Crippen molar-refractivity contribution in [2.45, 2.75) is 19.8 Å². The Morgan fingerprint density at radius 3 is 2.67 bits per heavy atom. The summed E-state index contributed by atoms with van der Waals surface area (Å²) in [6.45, 7) is 3.36. The highest BCUT2D eigenvalue weighted by molar-refractivity contribution is 5.92. The molecule has 1 aromatic rings. The molecule has 18 heavy (non-hydrogen) atoms. The Labute approximate surface area is 108 Å². The Morgan fingerprint density at radius 2 is 2.06 bits per heavy atom. The number of hydrogen-bond acceptors (Lipinski definition) is 3. The summed E-state index contributed by atoms with van der Waals surface area (Å²) in [5.41, 5.74) is 0.812. The van der Waals surface area contributed by atoms with Gasteiger partial charge < -0.3 is 15.7 Å². The maximum Gasteiger partial charge on any atom is 0.238 e. The van der Waals surface area contributed by atoms with Gasteiger partial charge in [0, 0.05) is 12.3 Å². The number of aliphatic hydroxyl groups is 1. The van der Waals surface area contributed by atoms with Gasteiger partial charge in [0.15, 0.2) is 0 Å². The van der Waals surface area contributed by atoms with Gasteiger partial charge in [-0.05, 0) is 31.0 Å². The van der Waals surface area contributed by atoms with Crippen molar-refractivity contribution < 1.29 is 9.90 Å². The van der Waals surface area contributed by atoms with Crippen LogP contribution >= 0.6 is 0 Å². The number of aliphatic hydroxyl groups excluding tert-OH is 1. The van der Waals surface area contributed by atoms with Crippen LogP contribution < -0.4 is 10.6 Å². The fourth-order valence-electron chi connectivity index (χ4n) is 1.75. The molecule has 1 atom stereocenters. The largest absolute Gasteiger partial charge is 0.396 e. The number of carbonyl (C=O) groups is 1. The minimum atomic E-state index is -0.0416. The molecule has 1 aromatic carbocycles. The van der Waals surface area contributed by atoms with Crippen LogP contribution in [0.3, 0.4) is 0 Å². The zero-order valence-electron chi connectivity index (χ0n) is 10.9. The van der Waals surface area contributed by atoms with E-state index < -0.39 is 0 Å². The monoisotopic (exact) mass is 250 g/mol. The van der Waals surface area contributed by atoms with E-state index in [2.05, 4.69) is 17.6 Å². The Balaban J connectivity index is 2.21. The van der Waals surface area contributed by atoms with Crippen LogP contribution in [0.5, 0.6) is 0 Å². The molecular formula is C14H22N2O2. The molecule has 0 fully saturated rings. The van der Waals surface area contributed by atoms with Crippen LogP contribution in [0.4, 0.5) is 5.69 Å². The van der Waals surface area contributed by atoms with Gasteiger partial charge in [-0.15, -0.1) is 0 Å². The van der Waals surface area contributed by atoms with E-state index >= 15 is 0 Å². The fourth-order valence-corrected chi connectivity index (χ4v) is 1.75. The molecule has 1 amide bonds. The highest BCUT2D eigenvalue weighted by atomic mass is 16.3. The number of para-hydroxylation sites is 1. The van der Waals surface area contributed by atoms with Crippen molar-refractivity contribution in [1.29, 1.82) is 0 Å². The van der Waals surface area contributed by atoms with Gasteiger partial charge in [-0.3, -0.25) is 4.79 Å². The van der Waals surface area contributed by atoms with Crippen LogP contribution in [-0.2, 0) is 4.79 Å². The third-order valence-corrected chi connectivity index (χ3v) is 2.89. The molecule has 0 aliphatic rings. The van der Waals surface area contributed by atoms with Crippen molar-refractivity contribution in [3.63, 3.8) is 0 Å². The second kappa shape index (κ2) is 8.66. The lowest BCUT2D eigenvalue weighted by Crippen LogP contribution is -2.32. The Bertz CT molecular complexity index is 341. The number of benzene rings is 1. The van der Waals surface area contributed by atoms with Gasteiger partial charge in [0.2, 0.25) is 5.91 Å². The molecule has 1 unspecified atom stereocenters. The summed E-state index contributed by atoms with van der Waals surface area (Å²) < 4.78 is 0. The fraction of sp³-hybridized carbons (Fsp3) is 0.500. The number of anilines is 1. The first-order valence-electron chi connectivity index (χ1n) is 6.42. The zero-order valence-corrected chi connectivity index (χ0v) is 10.9. The lowest BCUT2D eigenvalue weighted by Gasteiger charge is -2.14. The molecule has 0 aliphatic heterocycles. The maximum atomic E-state index is 11.6. The van der Waals surface area contributed by atoms with Gasteiger partial charge in [-0.2, -0.15) is 0 Å². The summed E-state index contributed by atoms with van der Waals surface area (Å²) >= 11 is 0. The van der Waals surface area contributed by atoms with Crippen molar-refractivity contribution in [2.75, 3.05) is 25.0 Å². The van der Waals surface area contributed by atoms with Crippen LogP contribution in [0.15, 0.2) is 30.3 Å². The van der Waals surface area contributed by atoms with Gasteiger partial charge in [0.05, 0.1) is 6.54 Å². The van der Waals surface area contributed by atoms with Crippen molar-refractivity contribution in [3.8, 4) is 0 Å². The standard InChI is InChI=1S/C14H22N2O2/c1-2-12(8-9-17)10-15-11-14(18)16-13-6-4-3-5-7-13/h3-7,12,15,17H,2,8-11H2,1H3,(H,16,18). The molecule has 4 heteroatoms. The van der Waals surface area contributed by atoms with Crippen molar-refractivity contribution in [2.24, 2.45) is 5.92 Å². The predicted octanol–water partition coefficient (Wildman–Crippen LogP) is 1.62. The van der Waals surface area contributed by atoms with Gasteiger partial charge in [-0.1, -0.05) is 31.5 Å². The number of rotatable bonds is 8. The minimum absolute atomic E-state index is 0.0416. The molecule has 0 aliphatic carbocycles. The van der Waals surface area contributed by atoms with Crippen LogP contribution in [0, 0.1) is 5.92 Å². The van der Waals surface area contributed by atoms with Crippen molar-refractivity contribution >= 4 is 11.6 Å². The van der Waals surface area contributed by atoms with Gasteiger partial charge in [-0.25, -0.2) is 0 Å². The second-order valence-corrected chi connectivity index (χ2v) is 4.33. The van der Waals surface area contributed by atoms with Crippen LogP contribution in [0.25, 0.3) is 0 Å². The molecule has 0 aromatic heterocycles. The quantitative estimate of drug-likeness (QED) is 0.657. The summed E-state index contributed by atoms with van der Waals surface area (Å²) in [4.78, 5) is 11.6. The number of carbonyl (C=O) groups excluding carboxylic acids is 1. The molecule has 0 saturated carbocycles. The summed E-state index contributed by atoms with van der Waals surface area (Å²) in [6.07, 6.45) is 1.79. The highest BCUT2D eigenvalue weighted by Gasteiger charge is 2.06. The Morgan fingerprint density at radius 1 is 1.33 bits per heavy atom. The van der Waals surface area contributed by atoms with Gasteiger partial charge in [0.25, 0.3) is 0 Å². The topological polar surface area (TPSA) is 61.4 Å². The summed E-state index contributed by atoms with van der Waals surface area (Å²) in [5, 5.41) is 14.8. The number of nitrogens with one attached hydrogen (secondary N) is 2. The Hall–Kier alpha value is -1.39. The minimum Gasteiger partial charge on any atom is -0.396 e. The van der Waals surface area contributed by atoms with E-state index in [-0.39, 0.29) is 12.5 Å². The van der Waals surface area contributed by atoms with Gasteiger partial charge >= 0.3 is 0 Å². The zero-order chi connectivity index (χ0) is 13.2. The van der Waals surface area contributed by atoms with Crippen LogP contribution in [-0.4, -0.2) is 30.7 Å². The smallest absolute Gasteiger partial charge is 0.238 e. The molecule has 0 spiro atoms. The van der Waals surface area contributed by atoms with E-state index in [0.717, 1.165) is 25.1 Å². The third-order valence-electron chi connectivity index (χ3n) is 2.89. The van der Waals surface area contributed by atoms with Crippen LogP contribution in [0.1, 0.15) is 19.8 Å². The molecule has 0 radical (unpaired) electrons. The average Bonchev–Trinajstić information content (AvgIpc) is 2.39. The van der Waals surface area contributed by atoms with Crippen LogP contribution in [0.2, 0.25) is 0 Å². The lowest BCUT2D eigenvalue weighted by atomic mass is 10.0. The first kappa shape index (κ1) is 14.7. The first-order chi connectivity index (χ1) is 8.76. The van der Waals surface area contributed by atoms with E-state index in [0.29, 0.717) is 12.5 Å². The van der Waals surface area contributed by atoms with E-state index in [1.165, 1.54) is 0 Å². The molecule has 4 nitrogen and oxygen atoms in total. The van der Waals surface area contributed by atoms with Gasteiger partial charge in [0.1, 0.15) is 0 Å². The predicted molar refractivity (Wildman–Crippen MR) is 73.4 cm³/mol. The van der Waals surface area contributed by atoms with E-state index in [1.807, 2.05) is 30.3 Å². The average molecular weight is 250 g/mol.